The van der Waals surface area contributed by atoms with Crippen molar-refractivity contribution >= 4 is 23.2 Å². The van der Waals surface area contributed by atoms with E-state index in [1.165, 1.54) is 10.5 Å². The first-order chi connectivity index (χ1) is 13.6. The van der Waals surface area contributed by atoms with E-state index >= 15 is 0 Å². The Morgan fingerprint density at radius 3 is 2.57 bits per heavy atom. The van der Waals surface area contributed by atoms with E-state index in [2.05, 4.69) is 22.7 Å². The number of rotatable bonds is 7. The molecule has 28 heavy (non-hydrogen) atoms. The monoisotopic (exact) mass is 402 g/mol. The largest absolute Gasteiger partial charge is 0.482 e. The maximum absolute atomic E-state index is 12.2. The summed E-state index contributed by atoms with van der Waals surface area (Å²) in [6.07, 6.45) is 0. The lowest BCUT2D eigenvalue weighted by Gasteiger charge is -2.31. The molecule has 0 unspecified atom stereocenters. The Hall–Kier alpha value is -2.41. The van der Waals surface area contributed by atoms with E-state index in [4.69, 9.17) is 21.1 Å². The van der Waals surface area contributed by atoms with Gasteiger partial charge in [-0.3, -0.25) is 4.79 Å². The Morgan fingerprint density at radius 1 is 1.18 bits per heavy atom. The molecule has 148 valence electrons. The van der Waals surface area contributed by atoms with Crippen LogP contribution in [0, 0.1) is 0 Å². The summed E-state index contributed by atoms with van der Waals surface area (Å²) in [6.45, 7) is 5.04. The number of ether oxygens (including phenoxy) is 2. The predicted molar refractivity (Wildman–Crippen MR) is 109 cm³/mol. The van der Waals surface area contributed by atoms with Crippen LogP contribution in [-0.4, -0.2) is 44.5 Å². The van der Waals surface area contributed by atoms with Crippen LogP contribution in [0.2, 0.25) is 5.02 Å². The van der Waals surface area contributed by atoms with Gasteiger partial charge in [-0.15, -0.1) is 0 Å². The normalized spacial score (nSPS) is 16.4. The van der Waals surface area contributed by atoms with Crippen molar-refractivity contribution in [2.75, 3.05) is 32.9 Å². The molecule has 6 nitrogen and oxygen atoms in total. The average Bonchev–Trinajstić information content (AvgIpc) is 2.73. The van der Waals surface area contributed by atoms with Crippen molar-refractivity contribution in [2.45, 2.75) is 13.0 Å². The molecule has 1 heterocycles. The number of hydrogen-bond donors (Lipinski definition) is 2. The Kier molecular flexibility index (Phi) is 7.42. The van der Waals surface area contributed by atoms with Crippen LogP contribution in [0.5, 0.6) is 5.75 Å². The predicted octanol–water partition coefficient (Wildman–Crippen LogP) is 1.87. The van der Waals surface area contributed by atoms with Crippen LogP contribution >= 0.6 is 11.6 Å². The fourth-order valence-electron chi connectivity index (χ4n) is 3.29. The van der Waals surface area contributed by atoms with Gasteiger partial charge in [0, 0.05) is 5.56 Å². The molecule has 1 fully saturated rings. The van der Waals surface area contributed by atoms with E-state index in [0.717, 1.165) is 32.0 Å². The molecule has 3 rings (SSSR count). The highest BCUT2D eigenvalue weighted by Gasteiger charge is 2.29. The van der Waals surface area contributed by atoms with Gasteiger partial charge >= 0.3 is 0 Å². The zero-order valence-corrected chi connectivity index (χ0v) is 16.6. The first kappa shape index (κ1) is 20.3. The number of carbonyl (C=O) groups excluding carboxylic acids is 1. The van der Waals surface area contributed by atoms with Crippen LogP contribution in [-0.2, 0) is 9.53 Å². The number of halogens is 1. The summed E-state index contributed by atoms with van der Waals surface area (Å²) in [4.78, 5) is 13.5. The van der Waals surface area contributed by atoms with Gasteiger partial charge < -0.3 is 14.4 Å². The van der Waals surface area contributed by atoms with Crippen molar-refractivity contribution < 1.29 is 19.2 Å². The summed E-state index contributed by atoms with van der Waals surface area (Å²) in [7, 11) is 0. The quantitative estimate of drug-likeness (QED) is 0.549. The maximum Gasteiger partial charge on any atom is 0.277 e. The highest BCUT2D eigenvalue weighted by atomic mass is 35.5. The lowest BCUT2D eigenvalue weighted by Crippen LogP contribution is -3.15. The lowest BCUT2D eigenvalue weighted by molar-refractivity contribution is -0.928. The highest BCUT2D eigenvalue weighted by Crippen LogP contribution is 2.22. The molecule has 2 N–H and O–H groups in total. The standard InChI is InChI=1S/C21H24ClN3O3/c1-16(23-24-20(26)15-28-19-10-6-5-9-18(19)22)21(17-7-3-2-4-8-17)25-11-13-27-14-12-25/h2-10,21H,11-15H2,1H3,(H,24,26)/p+1/b23-16-/t21-/m0/s1. The molecule has 1 saturated heterocycles. The van der Waals surface area contributed by atoms with Crippen molar-refractivity contribution in [3.8, 4) is 5.75 Å². The third-order valence-electron chi connectivity index (χ3n) is 4.65. The first-order valence-corrected chi connectivity index (χ1v) is 9.70. The molecule has 1 aliphatic heterocycles. The van der Waals surface area contributed by atoms with Gasteiger partial charge in [-0.2, -0.15) is 5.10 Å². The molecule has 7 heteroatoms. The van der Waals surface area contributed by atoms with Gasteiger partial charge in [0.2, 0.25) is 0 Å². The minimum absolute atomic E-state index is 0.0647. The number of hydrazone groups is 1. The van der Waals surface area contributed by atoms with Gasteiger partial charge in [-0.1, -0.05) is 54.1 Å². The average molecular weight is 403 g/mol. The number of carbonyl (C=O) groups is 1. The molecule has 1 amide bonds. The van der Waals surface area contributed by atoms with Crippen molar-refractivity contribution in [1.29, 1.82) is 0 Å². The van der Waals surface area contributed by atoms with E-state index in [0.29, 0.717) is 10.8 Å². The van der Waals surface area contributed by atoms with Crippen molar-refractivity contribution in [2.24, 2.45) is 5.10 Å². The van der Waals surface area contributed by atoms with Crippen LogP contribution in [0.1, 0.15) is 18.5 Å². The van der Waals surface area contributed by atoms with E-state index in [1.807, 2.05) is 25.1 Å². The van der Waals surface area contributed by atoms with Crippen molar-refractivity contribution in [3.05, 3.63) is 65.2 Å². The number of nitrogens with zero attached hydrogens (tertiary/aromatic N) is 1. The molecule has 2 aromatic carbocycles. The Labute approximate surface area is 170 Å². The Balaban J connectivity index is 1.64. The zero-order chi connectivity index (χ0) is 19.8. The van der Waals surface area contributed by atoms with Crippen LogP contribution in [0.25, 0.3) is 0 Å². The summed E-state index contributed by atoms with van der Waals surface area (Å²) in [5.41, 5.74) is 4.61. The van der Waals surface area contributed by atoms with E-state index in [9.17, 15) is 4.79 Å². The minimum Gasteiger partial charge on any atom is -0.482 e. The molecule has 1 aliphatic rings. The van der Waals surface area contributed by atoms with Crippen LogP contribution < -0.4 is 15.1 Å². The summed E-state index contributed by atoms with van der Waals surface area (Å²) in [5.74, 6) is 0.142. The van der Waals surface area contributed by atoms with Gasteiger partial charge in [0.15, 0.2) is 12.6 Å². The van der Waals surface area contributed by atoms with Crippen molar-refractivity contribution in [1.82, 2.24) is 5.43 Å². The van der Waals surface area contributed by atoms with Gasteiger partial charge in [-0.05, 0) is 19.1 Å². The highest BCUT2D eigenvalue weighted by molar-refractivity contribution is 6.32. The minimum atomic E-state index is -0.331. The topological polar surface area (TPSA) is 64.4 Å². The smallest absolute Gasteiger partial charge is 0.277 e. The molecule has 1 atom stereocenters. The number of morpholine rings is 1. The van der Waals surface area contributed by atoms with Gasteiger partial charge in [0.05, 0.1) is 23.9 Å². The number of nitrogens with one attached hydrogen (secondary N) is 2. The van der Waals surface area contributed by atoms with Gasteiger partial charge in [-0.25, -0.2) is 5.43 Å². The second-order valence-electron chi connectivity index (χ2n) is 6.62. The molecule has 0 radical (unpaired) electrons. The van der Waals surface area contributed by atoms with Gasteiger partial charge in [0.25, 0.3) is 5.91 Å². The molecule has 0 aliphatic carbocycles. The molecule has 0 saturated carbocycles. The molecular weight excluding hydrogens is 378 g/mol. The summed E-state index contributed by atoms with van der Waals surface area (Å²) >= 11 is 6.03. The third kappa shape index (κ3) is 5.55. The summed E-state index contributed by atoms with van der Waals surface area (Å²) in [5, 5.41) is 4.82. The number of hydrogen-bond acceptors (Lipinski definition) is 4. The van der Waals surface area contributed by atoms with Crippen LogP contribution in [0.15, 0.2) is 59.7 Å². The lowest BCUT2D eigenvalue weighted by atomic mass is 10.0. The van der Waals surface area contributed by atoms with Gasteiger partial charge in [0.1, 0.15) is 18.8 Å². The second kappa shape index (κ2) is 10.2. The molecular formula is C21H25ClN3O3+. The number of amides is 1. The fraction of sp³-hybridized carbons (Fsp3) is 0.333. The Bertz CT molecular complexity index is 808. The molecule has 2 aromatic rings. The van der Waals surface area contributed by atoms with E-state index in [1.54, 1.807) is 24.3 Å². The zero-order valence-electron chi connectivity index (χ0n) is 15.9. The maximum atomic E-state index is 12.2. The van der Waals surface area contributed by atoms with Crippen LogP contribution in [0.4, 0.5) is 0 Å². The van der Waals surface area contributed by atoms with E-state index < -0.39 is 0 Å². The number of para-hydroxylation sites is 1. The van der Waals surface area contributed by atoms with Crippen LogP contribution in [0.3, 0.4) is 0 Å². The third-order valence-corrected chi connectivity index (χ3v) is 4.96. The summed E-state index contributed by atoms with van der Waals surface area (Å²) < 4.78 is 10.9. The fourth-order valence-corrected chi connectivity index (χ4v) is 3.48. The SMILES string of the molecule is C/C(=N/NC(=O)COc1ccccc1Cl)[C@@H](c1ccccc1)[NH+]1CCOCC1. The number of benzene rings is 2. The van der Waals surface area contributed by atoms with Crippen molar-refractivity contribution in [3.63, 3.8) is 0 Å². The summed E-state index contributed by atoms with van der Waals surface area (Å²) in [6, 6.07) is 17.3. The molecule has 0 spiro atoms. The molecule has 0 bridgehead atoms. The second-order valence-corrected chi connectivity index (χ2v) is 7.03. The molecule has 0 aromatic heterocycles. The number of quaternary nitrogens is 1. The first-order valence-electron chi connectivity index (χ1n) is 9.33. The Morgan fingerprint density at radius 2 is 1.86 bits per heavy atom. The van der Waals surface area contributed by atoms with E-state index in [-0.39, 0.29) is 18.6 Å².